The van der Waals surface area contributed by atoms with E-state index in [9.17, 15) is 13.3 Å². The van der Waals surface area contributed by atoms with E-state index < -0.39 is 17.3 Å². The van der Waals surface area contributed by atoms with Gasteiger partial charge in [-0.15, -0.1) is 4.72 Å². The molecule has 3 rings (SSSR count). The van der Waals surface area contributed by atoms with Gasteiger partial charge in [-0.1, -0.05) is 20.3 Å². The van der Waals surface area contributed by atoms with Crippen LogP contribution in [0, 0.1) is 5.92 Å². The van der Waals surface area contributed by atoms with Gasteiger partial charge in [0.25, 0.3) is 0 Å². The van der Waals surface area contributed by atoms with Gasteiger partial charge in [0.05, 0.1) is 24.1 Å². The summed E-state index contributed by atoms with van der Waals surface area (Å²) in [6.07, 6.45) is 8.20. The number of hydrogen-bond acceptors (Lipinski definition) is 4. The van der Waals surface area contributed by atoms with E-state index in [0.717, 1.165) is 36.2 Å². The molecule has 0 saturated heterocycles. The van der Waals surface area contributed by atoms with Gasteiger partial charge < -0.3 is 4.55 Å². The maximum atomic E-state index is 13.3. The summed E-state index contributed by atoms with van der Waals surface area (Å²) >= 11 is -1.06. The molecule has 1 fully saturated rings. The number of nitrogens with zero attached hydrogens (tertiary/aromatic N) is 3. The largest absolute Gasteiger partial charge is 0.598 e. The van der Waals surface area contributed by atoms with Crippen molar-refractivity contribution in [3.8, 4) is 0 Å². The zero-order valence-electron chi connectivity index (χ0n) is 16.7. The summed E-state index contributed by atoms with van der Waals surface area (Å²) < 4.78 is 43.8. The second-order valence-corrected chi connectivity index (χ2v) is 9.14. The highest BCUT2D eigenvalue weighted by molar-refractivity contribution is 7.89. The molecule has 28 heavy (non-hydrogen) atoms. The summed E-state index contributed by atoms with van der Waals surface area (Å²) in [5, 5.41) is 4.45. The Morgan fingerprint density at radius 2 is 2.11 bits per heavy atom. The number of unbranched alkanes of at least 4 members (excludes halogenated alkanes) is 1. The Bertz CT molecular complexity index is 760. The summed E-state index contributed by atoms with van der Waals surface area (Å²) in [6.45, 7) is 4.13. The molecule has 2 aromatic heterocycles. The van der Waals surface area contributed by atoms with Crippen molar-refractivity contribution in [2.75, 3.05) is 5.75 Å². The number of hydrogen-bond donors (Lipinski definition) is 1. The van der Waals surface area contributed by atoms with Crippen molar-refractivity contribution in [2.45, 2.75) is 77.2 Å². The molecule has 0 aromatic carbocycles. The van der Waals surface area contributed by atoms with Crippen LogP contribution in [0.25, 0.3) is 5.65 Å². The Kier molecular flexibility index (Phi) is 7.28. The van der Waals surface area contributed by atoms with Crippen LogP contribution >= 0.6 is 0 Å². The Hall–Kier alpha value is -1.25. The Labute approximate surface area is 168 Å². The minimum Gasteiger partial charge on any atom is -0.598 e. The smallest absolute Gasteiger partial charge is 0.248 e. The fraction of sp³-hybridized carbons (Fsp3) is 0.700. The van der Waals surface area contributed by atoms with Crippen molar-refractivity contribution in [3.63, 3.8) is 0 Å². The topological polar surface area (TPSA) is 65.3 Å². The van der Waals surface area contributed by atoms with Crippen molar-refractivity contribution >= 4 is 17.0 Å². The third-order valence-electron chi connectivity index (χ3n) is 5.49. The molecule has 0 amide bonds. The number of imidazole rings is 1. The third kappa shape index (κ3) is 5.64. The van der Waals surface area contributed by atoms with Gasteiger partial charge in [-0.05, 0) is 49.7 Å². The highest BCUT2D eigenvalue weighted by Crippen LogP contribution is 2.37. The molecule has 1 N–H and O–H groups in total. The molecule has 0 bridgehead atoms. The SMILES string of the molecule is CCCC[S+]([O-])N[C@H](CC)c1cnn2cc(CC3CCC(F)(F)CC3)nc2c1. The minimum absolute atomic E-state index is 0.0214. The molecular weight excluding hydrogens is 382 g/mol. The van der Waals surface area contributed by atoms with Crippen molar-refractivity contribution < 1.29 is 13.3 Å². The molecular formula is C20H30F2N4OS. The Morgan fingerprint density at radius 3 is 2.79 bits per heavy atom. The van der Waals surface area contributed by atoms with Crippen LogP contribution in [-0.4, -0.2) is 30.8 Å². The second-order valence-electron chi connectivity index (χ2n) is 7.81. The standard InChI is InChI=1S/C20H30F2N4OS/c1-3-5-10-28(27)25-18(4-2)16-12-19-24-17(14-26(19)23-13-16)11-15-6-8-20(21,22)9-7-15/h12-15,18,25H,3-11H2,1-2H3/t18-,28?/m1/s1. The lowest BCUT2D eigenvalue weighted by atomic mass is 9.84. The average molecular weight is 413 g/mol. The van der Waals surface area contributed by atoms with E-state index in [1.807, 2.05) is 12.3 Å². The fourth-order valence-electron chi connectivity index (χ4n) is 3.71. The van der Waals surface area contributed by atoms with Crippen molar-refractivity contribution in [1.29, 1.82) is 0 Å². The zero-order chi connectivity index (χ0) is 20.1. The van der Waals surface area contributed by atoms with Gasteiger partial charge in [0, 0.05) is 24.2 Å². The molecule has 156 valence electrons. The van der Waals surface area contributed by atoms with Gasteiger partial charge in [0.1, 0.15) is 5.75 Å². The predicted octanol–water partition coefficient (Wildman–Crippen LogP) is 4.60. The van der Waals surface area contributed by atoms with Crippen LogP contribution in [0.15, 0.2) is 18.5 Å². The van der Waals surface area contributed by atoms with E-state index in [0.29, 0.717) is 25.0 Å². The van der Waals surface area contributed by atoms with Crippen LogP contribution in [-0.2, 0) is 17.8 Å². The van der Waals surface area contributed by atoms with Crippen LogP contribution in [0.5, 0.6) is 0 Å². The Morgan fingerprint density at radius 1 is 1.36 bits per heavy atom. The maximum Gasteiger partial charge on any atom is 0.248 e. The number of halogens is 2. The van der Waals surface area contributed by atoms with Crippen molar-refractivity contribution in [1.82, 2.24) is 19.3 Å². The molecule has 1 saturated carbocycles. The van der Waals surface area contributed by atoms with Crippen LogP contribution in [0.4, 0.5) is 8.78 Å². The van der Waals surface area contributed by atoms with Gasteiger partial charge in [-0.3, -0.25) is 0 Å². The summed E-state index contributed by atoms with van der Waals surface area (Å²) in [5.74, 6) is -1.59. The highest BCUT2D eigenvalue weighted by Gasteiger charge is 2.35. The molecule has 0 spiro atoms. The third-order valence-corrected chi connectivity index (χ3v) is 6.70. The molecule has 0 radical (unpaired) electrons. The fourth-order valence-corrected chi connectivity index (χ4v) is 5.00. The van der Waals surface area contributed by atoms with E-state index in [-0.39, 0.29) is 24.8 Å². The first-order valence-electron chi connectivity index (χ1n) is 10.3. The van der Waals surface area contributed by atoms with E-state index in [1.165, 1.54) is 0 Å². The van der Waals surface area contributed by atoms with E-state index in [1.54, 1.807) is 10.7 Å². The maximum absolute atomic E-state index is 13.3. The first kappa shape index (κ1) is 21.5. The highest BCUT2D eigenvalue weighted by atomic mass is 32.2. The van der Waals surface area contributed by atoms with Gasteiger partial charge >= 0.3 is 0 Å². The number of aromatic nitrogens is 3. The average Bonchev–Trinajstić information content (AvgIpc) is 3.07. The summed E-state index contributed by atoms with van der Waals surface area (Å²) in [6, 6.07) is 1.94. The molecule has 2 aromatic rings. The number of rotatable bonds is 9. The van der Waals surface area contributed by atoms with Crippen molar-refractivity contribution in [2.24, 2.45) is 5.92 Å². The van der Waals surface area contributed by atoms with Gasteiger partial charge in [0.15, 0.2) is 5.65 Å². The summed E-state index contributed by atoms with van der Waals surface area (Å²) in [4.78, 5) is 4.66. The van der Waals surface area contributed by atoms with Gasteiger partial charge in [-0.2, -0.15) is 5.10 Å². The Balaban J connectivity index is 1.66. The van der Waals surface area contributed by atoms with E-state index in [2.05, 4.69) is 28.7 Å². The van der Waals surface area contributed by atoms with E-state index >= 15 is 0 Å². The lowest BCUT2D eigenvalue weighted by Crippen LogP contribution is -2.30. The first-order chi connectivity index (χ1) is 13.4. The second kappa shape index (κ2) is 9.50. The van der Waals surface area contributed by atoms with Crippen LogP contribution in [0.3, 0.4) is 0 Å². The lowest BCUT2D eigenvalue weighted by molar-refractivity contribution is -0.0457. The lowest BCUT2D eigenvalue weighted by Gasteiger charge is -2.27. The summed E-state index contributed by atoms with van der Waals surface area (Å²) in [7, 11) is 0. The molecule has 1 aliphatic rings. The molecule has 1 aliphatic carbocycles. The number of fused-ring (bicyclic) bond motifs is 1. The number of nitrogens with one attached hydrogen (secondary N) is 1. The van der Waals surface area contributed by atoms with Gasteiger partial charge in [-0.25, -0.2) is 18.3 Å². The van der Waals surface area contributed by atoms with Crippen LogP contribution < -0.4 is 4.72 Å². The molecule has 5 nitrogen and oxygen atoms in total. The summed E-state index contributed by atoms with van der Waals surface area (Å²) in [5.41, 5.74) is 2.61. The normalized spacial score (nSPS) is 19.8. The minimum atomic E-state index is -2.49. The monoisotopic (exact) mass is 412 g/mol. The molecule has 8 heteroatoms. The quantitative estimate of drug-likeness (QED) is 0.611. The van der Waals surface area contributed by atoms with E-state index in [4.69, 9.17) is 0 Å². The number of alkyl halides is 2. The molecule has 2 heterocycles. The zero-order valence-corrected chi connectivity index (χ0v) is 17.5. The first-order valence-corrected chi connectivity index (χ1v) is 11.6. The van der Waals surface area contributed by atoms with Crippen LogP contribution in [0.2, 0.25) is 0 Å². The van der Waals surface area contributed by atoms with Crippen molar-refractivity contribution in [3.05, 3.63) is 29.7 Å². The van der Waals surface area contributed by atoms with Crippen LogP contribution in [0.1, 0.15) is 76.1 Å². The molecule has 0 aliphatic heterocycles. The predicted molar refractivity (Wildman–Crippen MR) is 108 cm³/mol. The molecule has 1 unspecified atom stereocenters. The molecule has 2 atom stereocenters. The van der Waals surface area contributed by atoms with Gasteiger partial charge in [0.2, 0.25) is 5.92 Å².